The number of halogens is 3. The van der Waals surface area contributed by atoms with E-state index in [4.69, 9.17) is 5.26 Å². The highest BCUT2D eigenvalue weighted by Gasteiger charge is 2.34. The highest BCUT2D eigenvalue weighted by atomic mass is 32.2. The molecule has 1 aliphatic rings. The molecule has 43 heavy (non-hydrogen) atoms. The van der Waals surface area contributed by atoms with Crippen molar-refractivity contribution in [1.29, 1.82) is 5.26 Å². The van der Waals surface area contributed by atoms with Crippen LogP contribution < -0.4 is 16.3 Å². The number of carbonyl (C=O) groups is 1. The number of benzene rings is 2. The summed E-state index contributed by atoms with van der Waals surface area (Å²) in [5, 5.41) is 15.0. The first-order valence-corrected chi connectivity index (χ1v) is 14.4. The third-order valence-corrected chi connectivity index (χ3v) is 7.22. The molecule has 0 unspecified atom stereocenters. The van der Waals surface area contributed by atoms with Crippen molar-refractivity contribution in [3.05, 3.63) is 94.3 Å². The van der Waals surface area contributed by atoms with Crippen molar-refractivity contribution in [2.75, 3.05) is 19.9 Å². The summed E-state index contributed by atoms with van der Waals surface area (Å²) in [6.07, 6.45) is -0.649. The van der Waals surface area contributed by atoms with Crippen molar-refractivity contribution in [3.63, 3.8) is 0 Å². The van der Waals surface area contributed by atoms with Crippen molar-refractivity contribution in [1.82, 2.24) is 19.8 Å². The molecule has 4 rings (SSSR count). The van der Waals surface area contributed by atoms with Gasteiger partial charge in [0, 0.05) is 11.8 Å². The van der Waals surface area contributed by atoms with E-state index in [1.165, 1.54) is 30.4 Å². The normalized spacial score (nSPS) is 13.5. The number of amides is 1. The van der Waals surface area contributed by atoms with Gasteiger partial charge in [0.25, 0.3) is 0 Å². The Bertz CT molecular complexity index is 1580. The average molecular weight is 616 g/mol. The lowest BCUT2D eigenvalue weighted by Gasteiger charge is -2.26. The zero-order valence-electron chi connectivity index (χ0n) is 24.4. The minimum atomic E-state index is -4.61. The molecular formula is C30H34F3N6O3S+. The van der Waals surface area contributed by atoms with Gasteiger partial charge in [-0.3, -0.25) is 9.88 Å². The number of nitrogens with one attached hydrogen (secondary N) is 2. The molecule has 1 fully saturated rings. The van der Waals surface area contributed by atoms with Gasteiger partial charge in [-0.2, -0.15) is 23.0 Å². The maximum Gasteiger partial charge on any atom is 0.416 e. The molecule has 0 bridgehead atoms. The molecule has 0 saturated heterocycles. The molecule has 3 aromatic rings. The van der Waals surface area contributed by atoms with Gasteiger partial charge in [-0.1, -0.05) is 19.6 Å². The SMILES string of the molecule is C=C[N+](=C(NC)c1c(C)n(-c2cccc(C(F)(F)F)c2)c(=O)n1C(=O)NC1CCC1)c1ccc(C#N)cc1.CCSOC. The van der Waals surface area contributed by atoms with E-state index in [2.05, 4.69) is 21.4 Å². The lowest BCUT2D eigenvalue weighted by molar-refractivity contribution is -0.361. The Hall–Kier alpha value is -4.28. The number of nitrogens with zero attached hydrogens (tertiary/aromatic N) is 4. The molecule has 1 saturated carbocycles. The third kappa shape index (κ3) is 7.57. The molecule has 9 nitrogen and oxygen atoms in total. The summed E-state index contributed by atoms with van der Waals surface area (Å²) >= 11 is 1.46. The topological polar surface area (TPSA) is 104 Å². The molecule has 1 heterocycles. The molecule has 2 aromatic carbocycles. The Balaban J connectivity index is 0.000000934. The summed E-state index contributed by atoms with van der Waals surface area (Å²) in [4.78, 5) is 27.1. The number of hydrogen-bond acceptors (Lipinski definition) is 5. The van der Waals surface area contributed by atoms with Crippen LogP contribution in [-0.4, -0.2) is 51.5 Å². The van der Waals surface area contributed by atoms with Gasteiger partial charge in [-0.05, 0) is 80.7 Å². The number of hydrogen-bond donors (Lipinski definition) is 2. The maximum atomic E-state index is 13.7. The molecule has 228 valence electrons. The van der Waals surface area contributed by atoms with Crippen LogP contribution in [0.5, 0.6) is 0 Å². The van der Waals surface area contributed by atoms with E-state index in [0.717, 1.165) is 46.3 Å². The first-order valence-electron chi connectivity index (χ1n) is 13.5. The molecule has 1 amide bonds. The summed E-state index contributed by atoms with van der Waals surface area (Å²) in [6, 6.07) is 12.2. The Labute approximate surface area is 252 Å². The number of aromatic nitrogens is 2. The largest absolute Gasteiger partial charge is 0.416 e. The Morgan fingerprint density at radius 3 is 2.40 bits per heavy atom. The van der Waals surface area contributed by atoms with Crippen LogP contribution in [0.4, 0.5) is 23.7 Å². The number of nitriles is 1. The Kier molecular flexibility index (Phi) is 11.4. The lowest BCUT2D eigenvalue weighted by Crippen LogP contribution is -2.46. The summed E-state index contributed by atoms with van der Waals surface area (Å²) in [7, 11) is 3.27. The van der Waals surface area contributed by atoms with Crippen LogP contribution in [0.3, 0.4) is 0 Å². The van der Waals surface area contributed by atoms with Crippen LogP contribution in [-0.2, 0) is 10.4 Å². The van der Waals surface area contributed by atoms with Crippen LogP contribution in [0.2, 0.25) is 0 Å². The molecule has 2 N–H and O–H groups in total. The van der Waals surface area contributed by atoms with E-state index in [9.17, 15) is 22.8 Å². The average Bonchev–Trinajstić information content (AvgIpc) is 3.23. The number of imidazole rings is 1. The number of carbonyl (C=O) groups excluding carboxylic acids is 1. The van der Waals surface area contributed by atoms with Gasteiger partial charge < -0.3 is 9.50 Å². The van der Waals surface area contributed by atoms with Gasteiger partial charge in [0.05, 0.1) is 48.9 Å². The Morgan fingerprint density at radius 2 is 1.93 bits per heavy atom. The summed E-state index contributed by atoms with van der Waals surface area (Å²) in [5.41, 5.74) is -0.361. The van der Waals surface area contributed by atoms with Crippen LogP contribution >= 0.6 is 12.0 Å². The number of rotatable bonds is 7. The van der Waals surface area contributed by atoms with E-state index in [-0.39, 0.29) is 29.0 Å². The summed E-state index contributed by atoms with van der Waals surface area (Å²) in [6.45, 7) is 7.46. The highest BCUT2D eigenvalue weighted by molar-refractivity contribution is 7.94. The molecule has 13 heteroatoms. The van der Waals surface area contributed by atoms with Crippen molar-refractivity contribution in [3.8, 4) is 11.8 Å². The minimum absolute atomic E-state index is 0.0299. The highest BCUT2D eigenvalue weighted by Crippen LogP contribution is 2.30. The fourth-order valence-electron chi connectivity index (χ4n) is 4.48. The summed E-state index contributed by atoms with van der Waals surface area (Å²) < 4.78 is 48.6. The van der Waals surface area contributed by atoms with Gasteiger partial charge in [-0.25, -0.2) is 14.2 Å². The van der Waals surface area contributed by atoms with Crippen molar-refractivity contribution >= 4 is 29.6 Å². The smallest absolute Gasteiger partial charge is 0.335 e. The fourth-order valence-corrected chi connectivity index (χ4v) is 4.72. The van der Waals surface area contributed by atoms with Gasteiger partial charge in [-0.15, -0.1) is 0 Å². The van der Waals surface area contributed by atoms with Gasteiger partial charge >= 0.3 is 23.7 Å². The molecule has 0 atom stereocenters. The molecule has 0 aliphatic heterocycles. The second kappa shape index (κ2) is 14.8. The van der Waals surface area contributed by atoms with Crippen LogP contribution in [0, 0.1) is 18.3 Å². The van der Waals surface area contributed by atoms with E-state index < -0.39 is 23.5 Å². The zero-order chi connectivity index (χ0) is 31.7. The van der Waals surface area contributed by atoms with Gasteiger partial charge in [0.2, 0.25) is 0 Å². The molecule has 1 aliphatic carbocycles. The third-order valence-electron chi connectivity index (χ3n) is 6.75. The number of amidine groups is 1. The molecule has 1 aromatic heterocycles. The van der Waals surface area contributed by atoms with Crippen LogP contribution in [0.1, 0.15) is 48.7 Å². The van der Waals surface area contributed by atoms with E-state index in [1.807, 2.05) is 13.0 Å². The van der Waals surface area contributed by atoms with Gasteiger partial charge in [0.15, 0.2) is 5.69 Å². The van der Waals surface area contributed by atoms with Crippen molar-refractivity contribution in [2.45, 2.75) is 45.3 Å². The maximum absolute atomic E-state index is 13.7. The summed E-state index contributed by atoms with van der Waals surface area (Å²) in [5.74, 6) is 1.32. The zero-order valence-corrected chi connectivity index (χ0v) is 25.2. The monoisotopic (exact) mass is 615 g/mol. The minimum Gasteiger partial charge on any atom is -0.335 e. The molecule has 0 spiro atoms. The van der Waals surface area contributed by atoms with E-state index in [0.29, 0.717) is 11.3 Å². The van der Waals surface area contributed by atoms with E-state index >= 15 is 0 Å². The second-order valence-corrected chi connectivity index (χ2v) is 10.5. The quantitative estimate of drug-likeness (QED) is 0.153. The van der Waals surface area contributed by atoms with Crippen LogP contribution in [0.15, 0.2) is 66.1 Å². The molecule has 0 radical (unpaired) electrons. The lowest BCUT2D eigenvalue weighted by atomic mass is 9.93. The van der Waals surface area contributed by atoms with Crippen LogP contribution in [0.25, 0.3) is 5.69 Å². The first kappa shape index (κ1) is 33.2. The van der Waals surface area contributed by atoms with E-state index in [1.54, 1.807) is 49.9 Å². The predicted octanol–water partition coefficient (Wildman–Crippen LogP) is 5.70. The molecular weight excluding hydrogens is 581 g/mol. The Morgan fingerprint density at radius 1 is 1.26 bits per heavy atom. The standard InChI is InChI=1S/C27H25F3N6O2.C3H8OS/c1-4-34(21-13-11-18(16-31)12-14-21)24(32-3)23-17(2)35(22-10-5-7-19(15-22)27(28,29)30)26(38)36(23)25(37)33-20-8-6-9-20;1-3-5-4-2/h4-5,7,10-15,20H,1,6,8-9H2,2-3H3,(H,33,37);3H2,1-2H3/p+1. The number of alkyl halides is 3. The first-order chi connectivity index (χ1) is 20.5. The second-order valence-electron chi connectivity index (χ2n) is 9.40. The van der Waals surface area contributed by atoms with Crippen molar-refractivity contribution < 1.29 is 26.7 Å². The van der Waals surface area contributed by atoms with Gasteiger partial charge in [0.1, 0.15) is 5.69 Å². The van der Waals surface area contributed by atoms with Crippen molar-refractivity contribution in [2.24, 2.45) is 0 Å². The fraction of sp³-hybridized carbons (Fsp3) is 0.333. The predicted molar refractivity (Wildman–Crippen MR) is 161 cm³/mol.